The van der Waals surface area contributed by atoms with E-state index in [1.807, 2.05) is 0 Å². The zero-order chi connectivity index (χ0) is 17.2. The van der Waals surface area contributed by atoms with Crippen LogP contribution in [0.5, 0.6) is 0 Å². The largest absolute Gasteiger partial charge is 0.481 e. The van der Waals surface area contributed by atoms with E-state index in [4.69, 9.17) is 5.11 Å². The summed E-state index contributed by atoms with van der Waals surface area (Å²) in [7, 11) is 0. The van der Waals surface area contributed by atoms with E-state index < -0.39 is 5.97 Å². The van der Waals surface area contributed by atoms with Crippen LogP contribution in [0.25, 0.3) is 0 Å². The molecule has 0 fully saturated rings. The van der Waals surface area contributed by atoms with Crippen LogP contribution >= 0.6 is 0 Å². The van der Waals surface area contributed by atoms with Crippen LogP contribution < -0.4 is 0 Å². The molecule has 0 atom stereocenters. The Hall–Kier alpha value is -0.530. The third-order valence-electron chi connectivity index (χ3n) is 4.90. The van der Waals surface area contributed by atoms with Crippen molar-refractivity contribution in [2.45, 2.75) is 123 Å². The fourth-order valence-corrected chi connectivity index (χ4v) is 3.38. The van der Waals surface area contributed by atoms with Crippen molar-refractivity contribution in [2.75, 3.05) is 0 Å². The van der Waals surface area contributed by atoms with Gasteiger partial charge in [-0.25, -0.2) is 0 Å². The van der Waals surface area contributed by atoms with Gasteiger partial charge in [-0.3, -0.25) is 4.79 Å². The molecule has 0 radical (unpaired) electrons. The maximum Gasteiger partial charge on any atom is 0.303 e. The van der Waals surface area contributed by atoms with Gasteiger partial charge in [-0.2, -0.15) is 0 Å². The second kappa shape index (κ2) is 17.8. The molecule has 2 heteroatoms. The number of carboxylic acids is 1. The van der Waals surface area contributed by atoms with Crippen LogP contribution in [-0.4, -0.2) is 11.1 Å². The van der Waals surface area contributed by atoms with Crippen molar-refractivity contribution in [3.8, 4) is 0 Å². The summed E-state index contributed by atoms with van der Waals surface area (Å²) in [6, 6.07) is 0. The summed E-state index contributed by atoms with van der Waals surface area (Å²) < 4.78 is 0. The quantitative estimate of drug-likeness (QED) is 0.267. The number of aliphatic carboxylic acids is 1. The number of unbranched alkanes of at least 4 members (excludes halogenated alkanes) is 12. The fourth-order valence-electron chi connectivity index (χ4n) is 3.38. The summed E-state index contributed by atoms with van der Waals surface area (Å²) in [6.07, 6.45) is 21.1. The van der Waals surface area contributed by atoms with Crippen molar-refractivity contribution in [3.63, 3.8) is 0 Å². The monoisotopic (exact) mass is 326 g/mol. The Kier molecular flexibility index (Phi) is 17.4. The van der Waals surface area contributed by atoms with E-state index in [1.54, 1.807) is 0 Å². The molecule has 0 spiro atoms. The molecule has 0 aliphatic heterocycles. The van der Waals surface area contributed by atoms with Crippen molar-refractivity contribution in [2.24, 2.45) is 5.92 Å². The summed E-state index contributed by atoms with van der Waals surface area (Å²) in [5.41, 5.74) is 0. The van der Waals surface area contributed by atoms with Crippen LogP contribution in [0, 0.1) is 5.92 Å². The van der Waals surface area contributed by atoms with Gasteiger partial charge in [0.1, 0.15) is 0 Å². The van der Waals surface area contributed by atoms with E-state index in [0.29, 0.717) is 12.3 Å². The molecular weight excluding hydrogens is 284 g/mol. The second-order valence-corrected chi connectivity index (χ2v) is 7.28. The first kappa shape index (κ1) is 22.5. The molecule has 0 aliphatic rings. The average molecular weight is 327 g/mol. The van der Waals surface area contributed by atoms with Gasteiger partial charge in [0, 0.05) is 6.42 Å². The summed E-state index contributed by atoms with van der Waals surface area (Å²) >= 11 is 0. The Morgan fingerprint density at radius 1 is 0.652 bits per heavy atom. The molecule has 1 N–H and O–H groups in total. The Balaban J connectivity index is 3.62. The molecule has 0 aromatic heterocycles. The van der Waals surface area contributed by atoms with Gasteiger partial charge >= 0.3 is 5.97 Å². The van der Waals surface area contributed by atoms with E-state index in [0.717, 1.165) is 12.8 Å². The lowest BCUT2D eigenvalue weighted by molar-refractivity contribution is -0.138. The van der Waals surface area contributed by atoms with Crippen molar-refractivity contribution in [1.29, 1.82) is 0 Å². The normalized spacial score (nSPS) is 11.3. The molecule has 0 aliphatic carbocycles. The molecule has 138 valence electrons. The molecule has 0 heterocycles. The maximum absolute atomic E-state index is 11.0. The lowest BCUT2D eigenvalue weighted by Crippen LogP contribution is -2.08. The summed E-state index contributed by atoms with van der Waals surface area (Å²) in [4.78, 5) is 11.0. The van der Waals surface area contributed by atoms with E-state index in [1.165, 1.54) is 89.9 Å². The van der Waals surface area contributed by atoms with Gasteiger partial charge in [0.2, 0.25) is 0 Å². The molecular formula is C21H42O2. The first-order chi connectivity index (χ1) is 11.2. The smallest absolute Gasteiger partial charge is 0.303 e. The first-order valence-electron chi connectivity index (χ1n) is 10.4. The SMILES string of the molecule is CCCCCCCCCC(CCCCCCCCC)CC(=O)O. The van der Waals surface area contributed by atoms with Crippen LogP contribution in [0.15, 0.2) is 0 Å². The first-order valence-corrected chi connectivity index (χ1v) is 10.4. The van der Waals surface area contributed by atoms with Crippen molar-refractivity contribution >= 4 is 5.97 Å². The Labute approximate surface area is 145 Å². The lowest BCUT2D eigenvalue weighted by Gasteiger charge is -2.14. The number of carbonyl (C=O) groups is 1. The Bertz CT molecular complexity index is 232. The highest BCUT2D eigenvalue weighted by atomic mass is 16.4. The van der Waals surface area contributed by atoms with Gasteiger partial charge in [0.05, 0.1) is 0 Å². The van der Waals surface area contributed by atoms with Crippen LogP contribution in [0.1, 0.15) is 123 Å². The van der Waals surface area contributed by atoms with Gasteiger partial charge in [0.15, 0.2) is 0 Å². The fraction of sp³-hybridized carbons (Fsp3) is 0.952. The van der Waals surface area contributed by atoms with Gasteiger partial charge in [0.25, 0.3) is 0 Å². The van der Waals surface area contributed by atoms with Crippen molar-refractivity contribution in [3.05, 3.63) is 0 Å². The summed E-state index contributed by atoms with van der Waals surface area (Å²) in [5, 5.41) is 9.08. The lowest BCUT2D eigenvalue weighted by atomic mass is 9.91. The van der Waals surface area contributed by atoms with E-state index in [2.05, 4.69) is 13.8 Å². The molecule has 0 saturated heterocycles. The van der Waals surface area contributed by atoms with Crippen molar-refractivity contribution in [1.82, 2.24) is 0 Å². The second-order valence-electron chi connectivity index (χ2n) is 7.28. The molecule has 0 bridgehead atoms. The maximum atomic E-state index is 11.0. The zero-order valence-corrected chi connectivity index (χ0v) is 16.0. The predicted octanol–water partition coefficient (Wildman–Crippen LogP) is 7.36. The minimum Gasteiger partial charge on any atom is -0.481 e. The molecule has 0 aromatic carbocycles. The molecule has 0 aromatic rings. The highest BCUT2D eigenvalue weighted by Crippen LogP contribution is 2.22. The van der Waals surface area contributed by atoms with Crippen LogP contribution in [0.3, 0.4) is 0 Å². The Morgan fingerprint density at radius 3 is 1.35 bits per heavy atom. The number of carboxylic acid groups (broad SMARTS) is 1. The topological polar surface area (TPSA) is 37.3 Å². The van der Waals surface area contributed by atoms with Crippen LogP contribution in [0.4, 0.5) is 0 Å². The van der Waals surface area contributed by atoms with Gasteiger partial charge < -0.3 is 5.11 Å². The summed E-state index contributed by atoms with van der Waals surface area (Å²) in [6.45, 7) is 4.50. The zero-order valence-electron chi connectivity index (χ0n) is 16.0. The standard InChI is InChI=1S/C21H42O2/c1-3-5-7-9-11-13-15-17-20(19-21(22)23)18-16-14-12-10-8-6-4-2/h20H,3-19H2,1-2H3,(H,22,23). The third-order valence-corrected chi connectivity index (χ3v) is 4.90. The average Bonchev–Trinajstić information content (AvgIpc) is 2.52. The highest BCUT2D eigenvalue weighted by Gasteiger charge is 2.12. The number of hydrogen-bond acceptors (Lipinski definition) is 1. The number of hydrogen-bond donors (Lipinski definition) is 1. The van der Waals surface area contributed by atoms with Crippen LogP contribution in [-0.2, 0) is 4.79 Å². The van der Waals surface area contributed by atoms with Crippen molar-refractivity contribution < 1.29 is 9.90 Å². The van der Waals surface area contributed by atoms with Gasteiger partial charge in [-0.05, 0) is 18.8 Å². The van der Waals surface area contributed by atoms with Gasteiger partial charge in [-0.1, -0.05) is 104 Å². The van der Waals surface area contributed by atoms with E-state index in [9.17, 15) is 4.79 Å². The molecule has 0 unspecified atom stereocenters. The molecule has 2 nitrogen and oxygen atoms in total. The molecule has 0 saturated carbocycles. The van der Waals surface area contributed by atoms with E-state index in [-0.39, 0.29) is 0 Å². The van der Waals surface area contributed by atoms with E-state index >= 15 is 0 Å². The summed E-state index contributed by atoms with van der Waals surface area (Å²) in [5.74, 6) is -0.195. The number of rotatable bonds is 18. The highest BCUT2D eigenvalue weighted by molar-refractivity contribution is 5.66. The predicted molar refractivity (Wildman–Crippen MR) is 101 cm³/mol. The molecule has 0 rings (SSSR count). The minimum atomic E-state index is -0.610. The van der Waals surface area contributed by atoms with Gasteiger partial charge in [-0.15, -0.1) is 0 Å². The molecule has 23 heavy (non-hydrogen) atoms. The molecule has 0 amide bonds. The minimum absolute atomic E-state index is 0.381. The third kappa shape index (κ3) is 17.7. The Morgan fingerprint density at radius 2 is 1.00 bits per heavy atom. The van der Waals surface area contributed by atoms with Crippen LogP contribution in [0.2, 0.25) is 0 Å².